The highest BCUT2D eigenvalue weighted by molar-refractivity contribution is 5.40. The number of anilines is 1. The zero-order chi connectivity index (χ0) is 19.6. The molecular formula is C23H31N3O2. The fourth-order valence-electron chi connectivity index (χ4n) is 4.60. The first kappa shape index (κ1) is 19.3. The topological polar surface area (TPSA) is 58.5 Å². The Labute approximate surface area is 167 Å². The predicted octanol–water partition coefficient (Wildman–Crippen LogP) is 3.99. The van der Waals surface area contributed by atoms with E-state index in [0.717, 1.165) is 62.5 Å². The predicted molar refractivity (Wildman–Crippen MR) is 110 cm³/mol. The van der Waals surface area contributed by atoms with Gasteiger partial charge >= 0.3 is 0 Å². The molecule has 0 saturated carbocycles. The van der Waals surface area contributed by atoms with E-state index in [0.29, 0.717) is 6.42 Å². The van der Waals surface area contributed by atoms with E-state index < -0.39 is 0 Å². The van der Waals surface area contributed by atoms with Crippen molar-refractivity contribution in [3.05, 3.63) is 53.5 Å². The molecule has 4 rings (SSSR count). The maximum atomic E-state index is 10.6. The van der Waals surface area contributed by atoms with Crippen LogP contribution in [0.25, 0.3) is 0 Å². The van der Waals surface area contributed by atoms with Gasteiger partial charge in [0, 0.05) is 44.1 Å². The summed E-state index contributed by atoms with van der Waals surface area (Å²) in [4.78, 5) is 11.7. The lowest BCUT2D eigenvalue weighted by molar-refractivity contribution is -0.173. The Morgan fingerprint density at radius 3 is 2.64 bits per heavy atom. The molecule has 1 spiro atoms. The van der Waals surface area contributed by atoms with Gasteiger partial charge < -0.3 is 14.7 Å². The Kier molecular flexibility index (Phi) is 5.65. The number of hydrogen-bond acceptors (Lipinski definition) is 5. The summed E-state index contributed by atoms with van der Waals surface area (Å²) < 4.78 is 6.62. The molecule has 0 amide bonds. The van der Waals surface area contributed by atoms with Gasteiger partial charge in [-0.05, 0) is 31.7 Å². The molecule has 3 heterocycles. The summed E-state index contributed by atoms with van der Waals surface area (Å²) in [6.45, 7) is 6.00. The van der Waals surface area contributed by atoms with Crippen molar-refractivity contribution in [1.82, 2.24) is 9.97 Å². The van der Waals surface area contributed by atoms with Crippen LogP contribution in [0.5, 0.6) is 0 Å². The van der Waals surface area contributed by atoms with E-state index in [4.69, 9.17) is 9.72 Å². The lowest BCUT2D eigenvalue weighted by Crippen LogP contribution is -2.51. The van der Waals surface area contributed by atoms with Gasteiger partial charge in [-0.25, -0.2) is 9.97 Å². The molecule has 1 aromatic heterocycles. The molecule has 28 heavy (non-hydrogen) atoms. The molecule has 5 heteroatoms. The first-order valence-electron chi connectivity index (χ1n) is 10.6. The molecule has 0 radical (unpaired) electrons. The number of aliphatic hydroxyl groups is 1. The second-order valence-electron chi connectivity index (χ2n) is 8.31. The fraction of sp³-hybridized carbons (Fsp3) is 0.565. The van der Waals surface area contributed by atoms with Crippen molar-refractivity contribution in [2.45, 2.75) is 70.2 Å². The van der Waals surface area contributed by atoms with E-state index in [9.17, 15) is 5.11 Å². The second kappa shape index (κ2) is 8.18. The van der Waals surface area contributed by atoms with Gasteiger partial charge in [0.15, 0.2) is 0 Å². The van der Waals surface area contributed by atoms with Crippen molar-refractivity contribution in [3.63, 3.8) is 0 Å². The smallest absolute Gasteiger partial charge is 0.132 e. The Hall–Kier alpha value is -1.98. The largest absolute Gasteiger partial charge is 0.393 e. The summed E-state index contributed by atoms with van der Waals surface area (Å²) in [6.07, 6.45) is 4.89. The Morgan fingerprint density at radius 1 is 1.18 bits per heavy atom. The molecule has 150 valence electrons. The van der Waals surface area contributed by atoms with Crippen LogP contribution >= 0.6 is 0 Å². The van der Waals surface area contributed by atoms with Crippen molar-refractivity contribution in [2.24, 2.45) is 0 Å². The Balaban J connectivity index is 1.47. The highest BCUT2D eigenvalue weighted by Gasteiger charge is 2.43. The molecule has 2 aliphatic rings. The second-order valence-corrected chi connectivity index (χ2v) is 8.31. The van der Waals surface area contributed by atoms with Crippen LogP contribution in [-0.2, 0) is 11.2 Å². The summed E-state index contributed by atoms with van der Waals surface area (Å²) in [5.74, 6) is 1.97. The van der Waals surface area contributed by atoms with E-state index >= 15 is 0 Å². The van der Waals surface area contributed by atoms with Crippen molar-refractivity contribution in [3.8, 4) is 0 Å². The van der Waals surface area contributed by atoms with Crippen molar-refractivity contribution >= 4 is 5.82 Å². The summed E-state index contributed by atoms with van der Waals surface area (Å²) in [5.41, 5.74) is 1.96. The minimum atomic E-state index is -0.303. The molecule has 0 unspecified atom stereocenters. The Bertz CT molecular complexity index is 788. The van der Waals surface area contributed by atoms with Crippen LogP contribution in [0.2, 0.25) is 0 Å². The van der Waals surface area contributed by atoms with Gasteiger partial charge in [-0.15, -0.1) is 0 Å². The quantitative estimate of drug-likeness (QED) is 0.868. The van der Waals surface area contributed by atoms with E-state index in [1.807, 2.05) is 25.1 Å². The minimum Gasteiger partial charge on any atom is -0.393 e. The maximum Gasteiger partial charge on any atom is 0.132 e. The number of aryl methyl sites for hydroxylation is 2. The maximum absolute atomic E-state index is 10.6. The summed E-state index contributed by atoms with van der Waals surface area (Å²) >= 11 is 0. The fourth-order valence-corrected chi connectivity index (χ4v) is 4.60. The number of rotatable bonds is 4. The van der Waals surface area contributed by atoms with Crippen LogP contribution in [0.4, 0.5) is 5.82 Å². The first-order valence-corrected chi connectivity index (χ1v) is 10.6. The van der Waals surface area contributed by atoms with E-state index in [2.05, 4.69) is 35.0 Å². The molecular weight excluding hydrogens is 350 g/mol. The number of aliphatic hydroxyl groups excluding tert-OH is 1. The Morgan fingerprint density at radius 2 is 1.93 bits per heavy atom. The molecule has 0 aliphatic carbocycles. The first-order chi connectivity index (χ1) is 13.6. The molecule has 2 atom stereocenters. The number of benzene rings is 1. The molecule has 2 fully saturated rings. The summed E-state index contributed by atoms with van der Waals surface area (Å²) in [5, 5.41) is 10.6. The molecule has 2 aromatic rings. The lowest BCUT2D eigenvalue weighted by Gasteiger charge is -2.48. The van der Waals surface area contributed by atoms with Crippen molar-refractivity contribution in [2.75, 3.05) is 18.0 Å². The van der Waals surface area contributed by atoms with Gasteiger partial charge in [-0.2, -0.15) is 0 Å². The van der Waals surface area contributed by atoms with Gasteiger partial charge in [0.05, 0.1) is 17.8 Å². The highest BCUT2D eigenvalue weighted by Crippen LogP contribution is 2.43. The number of piperidine rings is 1. The molecule has 2 aliphatic heterocycles. The minimum absolute atomic E-state index is 0.0195. The summed E-state index contributed by atoms with van der Waals surface area (Å²) in [7, 11) is 0. The number of nitrogens with zero attached hydrogens (tertiary/aromatic N) is 3. The third-order valence-electron chi connectivity index (χ3n) is 6.02. The van der Waals surface area contributed by atoms with Crippen LogP contribution in [0, 0.1) is 6.92 Å². The van der Waals surface area contributed by atoms with Crippen LogP contribution in [0.3, 0.4) is 0 Å². The van der Waals surface area contributed by atoms with Gasteiger partial charge in [-0.1, -0.05) is 37.3 Å². The molecule has 1 N–H and O–H groups in total. The van der Waals surface area contributed by atoms with Gasteiger partial charge in [0.25, 0.3) is 0 Å². The third-order valence-corrected chi connectivity index (χ3v) is 6.02. The highest BCUT2D eigenvalue weighted by atomic mass is 16.5. The van der Waals surface area contributed by atoms with Gasteiger partial charge in [0.1, 0.15) is 11.6 Å². The van der Waals surface area contributed by atoms with E-state index in [1.165, 1.54) is 5.56 Å². The SMILES string of the molecule is CCCc1nc(C)cc(N2CCC3(CC2)C[C@@H](O)C[C@H](c2ccccc2)O3)n1. The van der Waals surface area contributed by atoms with Gasteiger partial charge in [0.2, 0.25) is 0 Å². The zero-order valence-electron chi connectivity index (χ0n) is 17.0. The number of aromatic nitrogens is 2. The monoisotopic (exact) mass is 381 g/mol. The van der Waals surface area contributed by atoms with Gasteiger partial charge in [-0.3, -0.25) is 0 Å². The zero-order valence-corrected chi connectivity index (χ0v) is 17.0. The lowest BCUT2D eigenvalue weighted by atomic mass is 9.81. The molecule has 0 bridgehead atoms. The normalized spacial score (nSPS) is 24.5. The average molecular weight is 382 g/mol. The molecule has 2 saturated heterocycles. The van der Waals surface area contributed by atoms with Crippen LogP contribution < -0.4 is 4.90 Å². The van der Waals surface area contributed by atoms with Crippen molar-refractivity contribution in [1.29, 1.82) is 0 Å². The van der Waals surface area contributed by atoms with E-state index in [1.54, 1.807) is 0 Å². The average Bonchev–Trinajstić information content (AvgIpc) is 2.68. The van der Waals surface area contributed by atoms with Crippen LogP contribution in [0.15, 0.2) is 36.4 Å². The van der Waals surface area contributed by atoms with Crippen molar-refractivity contribution < 1.29 is 9.84 Å². The number of hydrogen-bond donors (Lipinski definition) is 1. The summed E-state index contributed by atoms with van der Waals surface area (Å²) in [6, 6.07) is 12.4. The standard InChI is InChI=1S/C23H31N3O2/c1-3-7-21-24-17(2)14-22(25-21)26-12-10-23(11-13-26)16-19(27)15-20(28-23)18-8-5-4-6-9-18/h4-6,8-9,14,19-20,27H,3,7,10-13,15-16H2,1-2H3/t19-,20+/m0/s1. The number of ether oxygens (including phenoxy) is 1. The molecule has 5 nitrogen and oxygen atoms in total. The van der Waals surface area contributed by atoms with E-state index in [-0.39, 0.29) is 17.8 Å². The van der Waals surface area contributed by atoms with Crippen LogP contribution in [0.1, 0.15) is 62.2 Å². The molecule has 1 aromatic carbocycles. The van der Waals surface area contributed by atoms with Crippen LogP contribution in [-0.4, -0.2) is 39.9 Å². The third kappa shape index (κ3) is 4.20.